The lowest BCUT2D eigenvalue weighted by atomic mass is 9.95. The maximum Gasteiger partial charge on any atom is 0.338 e. The van der Waals surface area contributed by atoms with Gasteiger partial charge in [-0.25, -0.2) is 9.59 Å². The molecule has 2 N–H and O–H groups in total. The zero-order valence-electron chi connectivity index (χ0n) is 13.5. The van der Waals surface area contributed by atoms with Crippen molar-refractivity contribution in [3.8, 4) is 0 Å². The van der Waals surface area contributed by atoms with E-state index in [2.05, 4.69) is 26.6 Å². The van der Waals surface area contributed by atoms with Crippen LogP contribution < -0.4 is 10.6 Å². The van der Waals surface area contributed by atoms with E-state index in [0.717, 1.165) is 0 Å². The Balaban J connectivity index is 2.40. The molecule has 0 fully saturated rings. The monoisotopic (exact) mass is 413 g/mol. The van der Waals surface area contributed by atoms with E-state index in [1.807, 2.05) is 0 Å². The predicted octanol–water partition coefficient (Wildman–Crippen LogP) is 2.17. The van der Waals surface area contributed by atoms with Crippen molar-refractivity contribution >= 4 is 33.6 Å². The minimum absolute atomic E-state index is 0.0489. The zero-order chi connectivity index (χ0) is 18.6. The van der Waals surface area contributed by atoms with Crippen LogP contribution in [0, 0.1) is 10.1 Å². The number of nitro benzene ring substituents is 1. The van der Waals surface area contributed by atoms with E-state index >= 15 is 0 Å². The lowest BCUT2D eigenvalue weighted by molar-refractivity contribution is -0.385. The van der Waals surface area contributed by atoms with Gasteiger partial charge in [0.25, 0.3) is 5.69 Å². The number of nitrogens with one attached hydrogen (secondary N) is 2. The largest absolute Gasteiger partial charge is 0.460 e. The molecule has 0 spiro atoms. The number of amides is 2. The lowest BCUT2D eigenvalue weighted by Gasteiger charge is -2.28. The quantitative estimate of drug-likeness (QED) is 0.319. The number of esters is 1. The average Bonchev–Trinajstić information content (AvgIpc) is 2.54. The fourth-order valence-electron chi connectivity index (χ4n) is 2.36. The van der Waals surface area contributed by atoms with Crippen molar-refractivity contribution in [2.45, 2.75) is 13.0 Å². The zero-order valence-corrected chi connectivity index (χ0v) is 15.1. The Hall–Kier alpha value is -2.46. The van der Waals surface area contributed by atoms with Gasteiger partial charge in [-0.15, -0.1) is 0 Å². The molecule has 0 bridgehead atoms. The molecule has 134 valence electrons. The fraction of sp³-hybridized carbons (Fsp3) is 0.333. The van der Waals surface area contributed by atoms with Gasteiger partial charge in [0.05, 0.1) is 27.6 Å². The molecule has 1 aliphatic rings. The summed E-state index contributed by atoms with van der Waals surface area (Å²) in [6.07, 6.45) is 0. The lowest BCUT2D eigenvalue weighted by Crippen LogP contribution is -2.45. The number of halogens is 1. The summed E-state index contributed by atoms with van der Waals surface area (Å²) in [7, 11) is 1.48. The summed E-state index contributed by atoms with van der Waals surface area (Å²) in [6.45, 7) is 1.84. The van der Waals surface area contributed by atoms with Gasteiger partial charge in [-0.05, 0) is 34.5 Å². The molecule has 2 rings (SSSR count). The molecular formula is C15H16BrN3O6. The van der Waals surface area contributed by atoms with E-state index < -0.39 is 23.0 Å². The molecule has 0 radical (unpaired) electrons. The highest BCUT2D eigenvalue weighted by Gasteiger charge is 2.33. The number of methoxy groups -OCH3 is 1. The Morgan fingerprint density at radius 3 is 2.76 bits per heavy atom. The maximum absolute atomic E-state index is 12.4. The summed E-state index contributed by atoms with van der Waals surface area (Å²) in [4.78, 5) is 34.8. The van der Waals surface area contributed by atoms with E-state index in [-0.39, 0.29) is 24.5 Å². The second-order valence-electron chi connectivity index (χ2n) is 5.17. The van der Waals surface area contributed by atoms with Crippen molar-refractivity contribution in [1.82, 2.24) is 10.6 Å². The second kappa shape index (κ2) is 8.08. The first-order chi connectivity index (χ1) is 11.8. The molecule has 1 heterocycles. The normalized spacial score (nSPS) is 16.9. The van der Waals surface area contributed by atoms with Crippen molar-refractivity contribution < 1.29 is 24.0 Å². The molecule has 9 nitrogen and oxygen atoms in total. The Morgan fingerprint density at radius 2 is 2.12 bits per heavy atom. The van der Waals surface area contributed by atoms with E-state index in [9.17, 15) is 19.7 Å². The number of hydrogen-bond donors (Lipinski definition) is 2. The Morgan fingerprint density at radius 1 is 1.40 bits per heavy atom. The highest BCUT2D eigenvalue weighted by molar-refractivity contribution is 9.10. The van der Waals surface area contributed by atoms with Crippen LogP contribution in [0.1, 0.15) is 18.5 Å². The third-order valence-corrected chi connectivity index (χ3v) is 4.18. The van der Waals surface area contributed by atoms with Crippen LogP contribution in [-0.4, -0.2) is 37.2 Å². The molecule has 0 saturated heterocycles. The van der Waals surface area contributed by atoms with E-state index in [1.165, 1.54) is 19.2 Å². The van der Waals surface area contributed by atoms with Gasteiger partial charge in [0, 0.05) is 18.9 Å². The predicted molar refractivity (Wildman–Crippen MR) is 90.7 cm³/mol. The maximum atomic E-state index is 12.4. The molecule has 1 aromatic carbocycles. The van der Waals surface area contributed by atoms with Crippen LogP contribution in [0.15, 0.2) is 33.9 Å². The van der Waals surface area contributed by atoms with Crippen LogP contribution in [0.2, 0.25) is 0 Å². The molecule has 1 aliphatic heterocycles. The summed E-state index contributed by atoms with van der Waals surface area (Å²) < 4.78 is 10.3. The standard InChI is InChI=1S/C15H16BrN3O6/c1-8-12(14(20)25-6-5-24-2)13(18-15(21)17-8)9-3-4-10(16)11(7-9)19(22)23/h3-4,7,13H,5-6H2,1-2H3,(H2,17,18,21)/t13-/m0/s1. The van der Waals surface area contributed by atoms with Gasteiger partial charge in [-0.2, -0.15) is 0 Å². The summed E-state index contributed by atoms with van der Waals surface area (Å²) in [5.41, 5.74) is 0.715. The van der Waals surface area contributed by atoms with Gasteiger partial charge in [0.1, 0.15) is 6.61 Å². The Kier molecular flexibility index (Phi) is 6.10. The van der Waals surface area contributed by atoms with E-state index in [1.54, 1.807) is 13.0 Å². The topological polar surface area (TPSA) is 120 Å². The number of carbonyl (C=O) groups is 2. The summed E-state index contributed by atoms with van der Waals surface area (Å²) in [5.74, 6) is -0.641. The smallest absolute Gasteiger partial charge is 0.338 e. The van der Waals surface area contributed by atoms with Crippen LogP contribution >= 0.6 is 15.9 Å². The molecule has 1 aromatic rings. The number of urea groups is 1. The number of carbonyl (C=O) groups excluding carboxylic acids is 2. The summed E-state index contributed by atoms with van der Waals surface area (Å²) >= 11 is 3.11. The number of nitrogens with zero attached hydrogens (tertiary/aromatic N) is 1. The SMILES string of the molecule is COCCOC(=O)C1=C(C)NC(=O)N[C@H]1c1ccc(Br)c([N+](=O)[O-])c1. The molecular weight excluding hydrogens is 398 g/mol. The third-order valence-electron chi connectivity index (χ3n) is 3.51. The van der Waals surface area contributed by atoms with Gasteiger partial charge in [0.15, 0.2) is 0 Å². The van der Waals surface area contributed by atoms with Crippen molar-refractivity contribution in [3.05, 3.63) is 49.6 Å². The van der Waals surface area contributed by atoms with Crippen molar-refractivity contribution in [2.75, 3.05) is 20.3 Å². The minimum Gasteiger partial charge on any atom is -0.460 e. The molecule has 0 unspecified atom stereocenters. The number of benzene rings is 1. The molecule has 1 atom stereocenters. The average molecular weight is 414 g/mol. The molecule has 0 aliphatic carbocycles. The first-order valence-corrected chi connectivity index (χ1v) is 8.02. The third kappa shape index (κ3) is 4.34. The number of hydrogen-bond acceptors (Lipinski definition) is 6. The van der Waals surface area contributed by atoms with Crippen LogP contribution in [0.3, 0.4) is 0 Å². The summed E-state index contributed by atoms with van der Waals surface area (Å²) in [5, 5.41) is 16.2. The Labute approximate surface area is 151 Å². The molecule has 2 amide bonds. The molecule has 10 heteroatoms. The highest BCUT2D eigenvalue weighted by Crippen LogP contribution is 2.33. The Bertz CT molecular complexity index is 749. The van der Waals surface area contributed by atoms with Crippen LogP contribution in [0.4, 0.5) is 10.5 Å². The van der Waals surface area contributed by atoms with Crippen molar-refractivity contribution in [2.24, 2.45) is 0 Å². The van der Waals surface area contributed by atoms with Crippen molar-refractivity contribution in [3.63, 3.8) is 0 Å². The van der Waals surface area contributed by atoms with E-state index in [4.69, 9.17) is 9.47 Å². The number of nitro groups is 1. The van der Waals surface area contributed by atoms with Gasteiger partial charge >= 0.3 is 12.0 Å². The van der Waals surface area contributed by atoms with Crippen LogP contribution in [-0.2, 0) is 14.3 Å². The number of rotatable bonds is 6. The first kappa shape index (κ1) is 18.9. The van der Waals surface area contributed by atoms with Gasteiger partial charge < -0.3 is 20.1 Å². The fourth-order valence-corrected chi connectivity index (χ4v) is 2.75. The summed E-state index contributed by atoms with van der Waals surface area (Å²) in [6, 6.07) is 3.00. The first-order valence-electron chi connectivity index (χ1n) is 7.23. The van der Waals surface area contributed by atoms with Gasteiger partial charge in [-0.3, -0.25) is 10.1 Å². The van der Waals surface area contributed by atoms with Crippen LogP contribution in [0.25, 0.3) is 0 Å². The van der Waals surface area contributed by atoms with E-state index in [0.29, 0.717) is 15.7 Å². The van der Waals surface area contributed by atoms with Gasteiger partial charge in [0.2, 0.25) is 0 Å². The van der Waals surface area contributed by atoms with Crippen LogP contribution in [0.5, 0.6) is 0 Å². The molecule has 0 saturated carbocycles. The highest BCUT2D eigenvalue weighted by atomic mass is 79.9. The molecule has 0 aromatic heterocycles. The number of allylic oxidation sites excluding steroid dienone is 1. The minimum atomic E-state index is -0.865. The molecule has 25 heavy (non-hydrogen) atoms. The van der Waals surface area contributed by atoms with Crippen molar-refractivity contribution in [1.29, 1.82) is 0 Å². The number of ether oxygens (including phenoxy) is 2. The van der Waals surface area contributed by atoms with Gasteiger partial charge in [-0.1, -0.05) is 6.07 Å². The second-order valence-corrected chi connectivity index (χ2v) is 6.02.